The van der Waals surface area contributed by atoms with Crippen molar-refractivity contribution in [2.24, 2.45) is 11.7 Å². The topological polar surface area (TPSA) is 26.0 Å². The summed E-state index contributed by atoms with van der Waals surface area (Å²) in [4.78, 5) is 1.25. The molecular formula is C18H22BrNS. The zero-order valence-corrected chi connectivity index (χ0v) is 15.0. The Balaban J connectivity index is 1.92. The SMILES string of the molecule is CC(C)Cc1ccc(C(N)CSc2cccc(Br)c2)cc1. The van der Waals surface area contributed by atoms with Gasteiger partial charge in [0.2, 0.25) is 0 Å². The number of hydrogen-bond donors (Lipinski definition) is 1. The molecule has 0 saturated carbocycles. The quantitative estimate of drug-likeness (QED) is 0.691. The third-order valence-corrected chi connectivity index (χ3v) is 4.88. The number of thioether (sulfide) groups is 1. The molecule has 0 aliphatic rings. The molecule has 0 bridgehead atoms. The Morgan fingerprint density at radius 2 is 1.81 bits per heavy atom. The average molecular weight is 364 g/mol. The van der Waals surface area contributed by atoms with Gasteiger partial charge in [-0.2, -0.15) is 0 Å². The molecule has 2 aromatic rings. The van der Waals surface area contributed by atoms with Gasteiger partial charge in [0.1, 0.15) is 0 Å². The van der Waals surface area contributed by atoms with Crippen LogP contribution >= 0.6 is 27.7 Å². The number of rotatable bonds is 6. The summed E-state index contributed by atoms with van der Waals surface area (Å²) in [6, 6.07) is 17.2. The van der Waals surface area contributed by atoms with Crippen LogP contribution in [0.5, 0.6) is 0 Å². The Bertz CT molecular complexity index is 566. The fraction of sp³-hybridized carbons (Fsp3) is 0.333. The number of halogens is 1. The molecule has 2 aromatic carbocycles. The van der Waals surface area contributed by atoms with Crippen molar-refractivity contribution < 1.29 is 0 Å². The highest BCUT2D eigenvalue weighted by molar-refractivity contribution is 9.10. The van der Waals surface area contributed by atoms with Gasteiger partial charge in [0.15, 0.2) is 0 Å². The third-order valence-electron chi connectivity index (χ3n) is 3.28. The van der Waals surface area contributed by atoms with Crippen LogP contribution in [0.1, 0.15) is 31.0 Å². The molecule has 0 fully saturated rings. The van der Waals surface area contributed by atoms with Gasteiger partial charge in [-0.1, -0.05) is 60.1 Å². The van der Waals surface area contributed by atoms with Crippen LogP contribution in [0.2, 0.25) is 0 Å². The smallest absolute Gasteiger partial charge is 0.0390 e. The Labute approximate surface area is 140 Å². The van der Waals surface area contributed by atoms with E-state index in [0.717, 1.165) is 16.6 Å². The minimum Gasteiger partial charge on any atom is -0.323 e. The molecule has 1 atom stereocenters. The van der Waals surface area contributed by atoms with E-state index in [4.69, 9.17) is 5.73 Å². The van der Waals surface area contributed by atoms with Gasteiger partial charge >= 0.3 is 0 Å². The first-order valence-electron chi connectivity index (χ1n) is 7.27. The van der Waals surface area contributed by atoms with Gasteiger partial charge in [0.25, 0.3) is 0 Å². The first kappa shape index (κ1) is 16.6. The van der Waals surface area contributed by atoms with Crippen molar-refractivity contribution in [2.75, 3.05) is 5.75 Å². The minimum absolute atomic E-state index is 0.0714. The Kier molecular flexibility index (Phi) is 6.34. The molecule has 112 valence electrons. The van der Waals surface area contributed by atoms with Crippen LogP contribution in [0.15, 0.2) is 57.9 Å². The van der Waals surface area contributed by atoms with Crippen molar-refractivity contribution in [3.05, 3.63) is 64.1 Å². The highest BCUT2D eigenvalue weighted by Gasteiger charge is 2.07. The first-order valence-corrected chi connectivity index (χ1v) is 9.05. The lowest BCUT2D eigenvalue weighted by Gasteiger charge is -2.13. The fourth-order valence-corrected chi connectivity index (χ4v) is 3.71. The van der Waals surface area contributed by atoms with Gasteiger partial charge in [0, 0.05) is 21.2 Å². The number of benzene rings is 2. The second-order valence-electron chi connectivity index (χ2n) is 5.71. The lowest BCUT2D eigenvalue weighted by molar-refractivity contribution is 0.647. The Hall–Kier alpha value is -0.770. The lowest BCUT2D eigenvalue weighted by Crippen LogP contribution is -2.13. The molecule has 2 rings (SSSR count). The second kappa shape index (κ2) is 8.02. The summed E-state index contributed by atoms with van der Waals surface area (Å²) >= 11 is 5.29. The van der Waals surface area contributed by atoms with Crippen molar-refractivity contribution >= 4 is 27.7 Å². The molecule has 0 radical (unpaired) electrons. The molecule has 3 heteroatoms. The van der Waals surface area contributed by atoms with Crippen molar-refractivity contribution in [1.82, 2.24) is 0 Å². The first-order chi connectivity index (χ1) is 10.0. The molecule has 0 saturated heterocycles. The summed E-state index contributed by atoms with van der Waals surface area (Å²) in [6.07, 6.45) is 1.13. The number of nitrogens with two attached hydrogens (primary N) is 1. The zero-order valence-electron chi connectivity index (χ0n) is 12.6. The van der Waals surface area contributed by atoms with Crippen LogP contribution in [-0.2, 0) is 6.42 Å². The molecule has 1 unspecified atom stereocenters. The monoisotopic (exact) mass is 363 g/mol. The van der Waals surface area contributed by atoms with Crippen LogP contribution in [0.25, 0.3) is 0 Å². The standard InChI is InChI=1S/C18H22BrNS/c1-13(2)10-14-6-8-15(9-7-14)18(20)12-21-17-5-3-4-16(19)11-17/h3-9,11,13,18H,10,12,20H2,1-2H3. The van der Waals surface area contributed by atoms with Gasteiger partial charge in [-0.15, -0.1) is 11.8 Å². The van der Waals surface area contributed by atoms with Crippen LogP contribution in [0.4, 0.5) is 0 Å². The largest absolute Gasteiger partial charge is 0.323 e. The summed E-state index contributed by atoms with van der Waals surface area (Å²) in [5.41, 5.74) is 8.90. The summed E-state index contributed by atoms with van der Waals surface area (Å²) in [7, 11) is 0. The molecule has 0 aliphatic carbocycles. The van der Waals surface area contributed by atoms with Gasteiger partial charge in [0.05, 0.1) is 0 Å². The predicted octanol–water partition coefficient (Wildman–Crippen LogP) is 5.44. The molecular weight excluding hydrogens is 342 g/mol. The molecule has 21 heavy (non-hydrogen) atoms. The van der Waals surface area contributed by atoms with E-state index in [1.54, 1.807) is 11.8 Å². The van der Waals surface area contributed by atoms with Gasteiger partial charge in [-0.05, 0) is 41.7 Å². The van der Waals surface area contributed by atoms with E-state index >= 15 is 0 Å². The normalized spacial score (nSPS) is 12.6. The summed E-state index contributed by atoms with van der Waals surface area (Å²) in [6.45, 7) is 4.49. The van der Waals surface area contributed by atoms with Crippen LogP contribution in [0, 0.1) is 5.92 Å². The fourth-order valence-electron chi connectivity index (χ4n) is 2.21. The van der Waals surface area contributed by atoms with E-state index in [9.17, 15) is 0 Å². The predicted molar refractivity (Wildman–Crippen MR) is 96.8 cm³/mol. The van der Waals surface area contributed by atoms with Crippen molar-refractivity contribution in [1.29, 1.82) is 0 Å². The molecule has 0 spiro atoms. The minimum atomic E-state index is 0.0714. The summed E-state index contributed by atoms with van der Waals surface area (Å²) < 4.78 is 1.11. The maximum absolute atomic E-state index is 6.30. The van der Waals surface area contributed by atoms with E-state index in [1.165, 1.54) is 16.0 Å². The summed E-state index contributed by atoms with van der Waals surface area (Å²) in [5.74, 6) is 1.58. The van der Waals surface area contributed by atoms with Gasteiger partial charge < -0.3 is 5.73 Å². The lowest BCUT2D eigenvalue weighted by atomic mass is 10.0. The molecule has 0 amide bonds. The van der Waals surface area contributed by atoms with Crippen molar-refractivity contribution in [3.63, 3.8) is 0 Å². The van der Waals surface area contributed by atoms with E-state index in [-0.39, 0.29) is 6.04 Å². The van der Waals surface area contributed by atoms with E-state index in [0.29, 0.717) is 5.92 Å². The highest BCUT2D eigenvalue weighted by atomic mass is 79.9. The Morgan fingerprint density at radius 3 is 2.43 bits per heavy atom. The van der Waals surface area contributed by atoms with Crippen LogP contribution < -0.4 is 5.73 Å². The van der Waals surface area contributed by atoms with Crippen molar-refractivity contribution in [2.45, 2.75) is 31.2 Å². The van der Waals surface area contributed by atoms with E-state index < -0.39 is 0 Å². The number of hydrogen-bond acceptors (Lipinski definition) is 2. The molecule has 0 aliphatic heterocycles. The van der Waals surface area contributed by atoms with Crippen LogP contribution in [-0.4, -0.2) is 5.75 Å². The zero-order chi connectivity index (χ0) is 15.2. The third kappa shape index (κ3) is 5.50. The second-order valence-corrected chi connectivity index (χ2v) is 7.72. The van der Waals surface area contributed by atoms with Crippen LogP contribution in [0.3, 0.4) is 0 Å². The van der Waals surface area contributed by atoms with Gasteiger partial charge in [-0.25, -0.2) is 0 Å². The molecule has 0 heterocycles. The molecule has 0 aromatic heterocycles. The maximum Gasteiger partial charge on any atom is 0.0390 e. The van der Waals surface area contributed by atoms with E-state index in [2.05, 4.69) is 72.2 Å². The highest BCUT2D eigenvalue weighted by Crippen LogP contribution is 2.26. The van der Waals surface area contributed by atoms with Crippen molar-refractivity contribution in [3.8, 4) is 0 Å². The Morgan fingerprint density at radius 1 is 1.10 bits per heavy atom. The summed E-state index contributed by atoms with van der Waals surface area (Å²) in [5, 5.41) is 0. The van der Waals surface area contributed by atoms with E-state index in [1.807, 2.05) is 6.07 Å². The maximum atomic E-state index is 6.30. The molecule has 1 nitrogen and oxygen atoms in total. The average Bonchev–Trinajstić information content (AvgIpc) is 2.45. The molecule has 2 N–H and O–H groups in total. The van der Waals surface area contributed by atoms with Gasteiger partial charge in [-0.3, -0.25) is 0 Å².